The zero-order chi connectivity index (χ0) is 15.4. The van der Waals surface area contributed by atoms with E-state index in [4.69, 9.17) is 9.84 Å². The molecule has 118 valence electrons. The van der Waals surface area contributed by atoms with Crippen molar-refractivity contribution in [2.45, 2.75) is 38.6 Å². The maximum absolute atomic E-state index is 12.4. The molecule has 2 saturated heterocycles. The zero-order valence-electron chi connectivity index (χ0n) is 12.3. The van der Waals surface area contributed by atoms with Crippen LogP contribution in [0.1, 0.15) is 32.6 Å². The number of carbonyl (C=O) groups is 3. The number of carboxylic acid groups (broad SMARTS) is 1. The van der Waals surface area contributed by atoms with Gasteiger partial charge in [-0.15, -0.1) is 0 Å². The van der Waals surface area contributed by atoms with E-state index < -0.39 is 12.0 Å². The first-order chi connectivity index (χ1) is 10.0. The summed E-state index contributed by atoms with van der Waals surface area (Å²) in [7, 11) is 0. The number of carboxylic acids is 1. The van der Waals surface area contributed by atoms with Crippen molar-refractivity contribution < 1.29 is 24.2 Å². The SMILES string of the molecule is CCOC(=O)C1CCCCN1C(=O)N1CC(CC(=O)O)C1. The Balaban J connectivity index is 1.91. The summed E-state index contributed by atoms with van der Waals surface area (Å²) in [5.41, 5.74) is 0. The Kier molecular flexibility index (Phi) is 5.03. The molecule has 1 unspecified atom stereocenters. The van der Waals surface area contributed by atoms with Crippen LogP contribution in [0.3, 0.4) is 0 Å². The van der Waals surface area contributed by atoms with E-state index in [0.29, 0.717) is 32.7 Å². The fraction of sp³-hybridized carbons (Fsp3) is 0.786. The first kappa shape index (κ1) is 15.6. The largest absolute Gasteiger partial charge is 0.481 e. The van der Waals surface area contributed by atoms with Crippen LogP contribution >= 0.6 is 0 Å². The van der Waals surface area contributed by atoms with Crippen LogP contribution in [-0.2, 0) is 14.3 Å². The number of rotatable bonds is 4. The normalized spacial score (nSPS) is 22.6. The van der Waals surface area contributed by atoms with Gasteiger partial charge in [-0.3, -0.25) is 4.79 Å². The lowest BCUT2D eigenvalue weighted by molar-refractivity contribution is -0.149. The highest BCUT2D eigenvalue weighted by Crippen LogP contribution is 2.25. The Morgan fingerprint density at radius 3 is 2.57 bits per heavy atom. The number of hydrogen-bond donors (Lipinski definition) is 1. The number of piperidine rings is 1. The minimum atomic E-state index is -0.838. The van der Waals surface area contributed by atoms with Gasteiger partial charge in [0.2, 0.25) is 0 Å². The summed E-state index contributed by atoms with van der Waals surface area (Å²) in [4.78, 5) is 38.2. The van der Waals surface area contributed by atoms with Crippen molar-refractivity contribution >= 4 is 18.0 Å². The number of hydrogen-bond acceptors (Lipinski definition) is 4. The number of urea groups is 1. The van der Waals surface area contributed by atoms with Crippen molar-refractivity contribution in [1.29, 1.82) is 0 Å². The minimum Gasteiger partial charge on any atom is -0.481 e. The van der Waals surface area contributed by atoms with E-state index in [1.807, 2.05) is 0 Å². The van der Waals surface area contributed by atoms with Gasteiger partial charge in [-0.1, -0.05) is 0 Å². The molecule has 7 heteroatoms. The average Bonchev–Trinajstić information content (AvgIpc) is 2.41. The first-order valence-electron chi connectivity index (χ1n) is 7.47. The fourth-order valence-corrected chi connectivity index (χ4v) is 2.93. The predicted molar refractivity (Wildman–Crippen MR) is 73.7 cm³/mol. The van der Waals surface area contributed by atoms with Crippen molar-refractivity contribution in [3.8, 4) is 0 Å². The third-order valence-corrected chi connectivity index (χ3v) is 4.00. The van der Waals surface area contributed by atoms with E-state index in [-0.39, 0.29) is 24.3 Å². The summed E-state index contributed by atoms with van der Waals surface area (Å²) >= 11 is 0. The molecule has 0 aromatic carbocycles. The van der Waals surface area contributed by atoms with Crippen molar-refractivity contribution in [2.75, 3.05) is 26.2 Å². The van der Waals surface area contributed by atoms with E-state index >= 15 is 0 Å². The Morgan fingerprint density at radius 2 is 1.95 bits per heavy atom. The molecule has 2 amide bonds. The van der Waals surface area contributed by atoms with Gasteiger partial charge >= 0.3 is 18.0 Å². The van der Waals surface area contributed by atoms with E-state index in [2.05, 4.69) is 0 Å². The average molecular weight is 298 g/mol. The fourth-order valence-electron chi connectivity index (χ4n) is 2.93. The van der Waals surface area contributed by atoms with Crippen LogP contribution in [-0.4, -0.2) is 65.2 Å². The number of carbonyl (C=O) groups excluding carboxylic acids is 2. The molecule has 7 nitrogen and oxygen atoms in total. The number of likely N-dealkylation sites (tertiary alicyclic amines) is 2. The molecule has 2 heterocycles. The molecule has 0 aromatic rings. The molecule has 2 aliphatic rings. The van der Waals surface area contributed by atoms with Crippen LogP contribution in [0.25, 0.3) is 0 Å². The Hall–Kier alpha value is -1.79. The zero-order valence-corrected chi connectivity index (χ0v) is 12.3. The summed E-state index contributed by atoms with van der Waals surface area (Å²) in [5.74, 6) is -1.15. The van der Waals surface area contributed by atoms with Crippen LogP contribution in [0.2, 0.25) is 0 Å². The number of nitrogens with zero attached hydrogens (tertiary/aromatic N) is 2. The van der Waals surface area contributed by atoms with E-state index in [0.717, 1.165) is 12.8 Å². The molecule has 0 aliphatic carbocycles. The second kappa shape index (κ2) is 6.78. The topological polar surface area (TPSA) is 87.2 Å². The lowest BCUT2D eigenvalue weighted by Gasteiger charge is -2.44. The predicted octanol–water partition coefficient (Wildman–Crippen LogP) is 0.930. The maximum atomic E-state index is 12.4. The molecule has 0 saturated carbocycles. The van der Waals surface area contributed by atoms with Gasteiger partial charge < -0.3 is 19.6 Å². The van der Waals surface area contributed by atoms with Crippen LogP contribution in [0.15, 0.2) is 0 Å². The van der Waals surface area contributed by atoms with Gasteiger partial charge in [0.1, 0.15) is 6.04 Å². The van der Waals surface area contributed by atoms with Gasteiger partial charge in [-0.25, -0.2) is 9.59 Å². The third kappa shape index (κ3) is 3.65. The lowest BCUT2D eigenvalue weighted by Crippen LogP contribution is -2.59. The minimum absolute atomic E-state index is 0.0253. The van der Waals surface area contributed by atoms with Crippen LogP contribution < -0.4 is 0 Å². The summed E-state index contributed by atoms with van der Waals surface area (Å²) in [6.45, 7) is 3.53. The smallest absolute Gasteiger partial charge is 0.328 e. The van der Waals surface area contributed by atoms with E-state index in [1.54, 1.807) is 16.7 Å². The molecule has 1 atom stereocenters. The van der Waals surface area contributed by atoms with E-state index in [1.165, 1.54) is 0 Å². The molecule has 0 spiro atoms. The lowest BCUT2D eigenvalue weighted by atomic mass is 9.96. The van der Waals surface area contributed by atoms with Gasteiger partial charge in [0.25, 0.3) is 0 Å². The maximum Gasteiger partial charge on any atom is 0.328 e. The molecule has 2 rings (SSSR count). The van der Waals surface area contributed by atoms with Crippen LogP contribution in [0, 0.1) is 5.92 Å². The second-order valence-electron chi connectivity index (χ2n) is 5.61. The molecular formula is C14H22N2O5. The summed E-state index contributed by atoms with van der Waals surface area (Å²) < 4.78 is 5.04. The molecule has 21 heavy (non-hydrogen) atoms. The monoisotopic (exact) mass is 298 g/mol. The molecule has 0 bridgehead atoms. The van der Waals surface area contributed by atoms with Crippen molar-refractivity contribution in [3.63, 3.8) is 0 Å². The number of aliphatic carboxylic acids is 1. The Labute approximate surface area is 123 Å². The molecule has 0 aromatic heterocycles. The standard InChI is InChI=1S/C14H22N2O5/c1-2-21-13(19)11-5-3-4-6-16(11)14(20)15-8-10(9-15)7-12(17)18/h10-11H,2-9H2,1H3,(H,17,18). The van der Waals surface area contributed by atoms with Gasteiger partial charge in [0.15, 0.2) is 0 Å². The quantitative estimate of drug-likeness (QED) is 0.780. The highest BCUT2D eigenvalue weighted by Gasteiger charge is 2.39. The molecule has 0 radical (unpaired) electrons. The molecule has 2 aliphatic heterocycles. The highest BCUT2D eigenvalue weighted by molar-refractivity contribution is 5.84. The van der Waals surface area contributed by atoms with Gasteiger partial charge in [-0.05, 0) is 26.2 Å². The number of esters is 1. The summed E-state index contributed by atoms with van der Waals surface area (Å²) in [5, 5.41) is 8.72. The number of amides is 2. The van der Waals surface area contributed by atoms with Crippen molar-refractivity contribution in [1.82, 2.24) is 9.80 Å². The van der Waals surface area contributed by atoms with Crippen molar-refractivity contribution in [2.24, 2.45) is 5.92 Å². The molecule has 1 N–H and O–H groups in total. The molecular weight excluding hydrogens is 276 g/mol. The van der Waals surface area contributed by atoms with Gasteiger partial charge in [0, 0.05) is 25.6 Å². The van der Waals surface area contributed by atoms with Gasteiger partial charge in [0.05, 0.1) is 13.0 Å². The van der Waals surface area contributed by atoms with Crippen LogP contribution in [0.4, 0.5) is 4.79 Å². The van der Waals surface area contributed by atoms with Crippen LogP contribution in [0.5, 0.6) is 0 Å². The number of ether oxygens (including phenoxy) is 1. The summed E-state index contributed by atoms with van der Waals surface area (Å²) in [6, 6.07) is -0.667. The third-order valence-electron chi connectivity index (χ3n) is 4.00. The van der Waals surface area contributed by atoms with E-state index in [9.17, 15) is 14.4 Å². The second-order valence-corrected chi connectivity index (χ2v) is 5.61. The molecule has 2 fully saturated rings. The van der Waals surface area contributed by atoms with Gasteiger partial charge in [-0.2, -0.15) is 0 Å². The summed E-state index contributed by atoms with van der Waals surface area (Å²) in [6.07, 6.45) is 2.52. The first-order valence-corrected chi connectivity index (χ1v) is 7.47. The van der Waals surface area contributed by atoms with Crippen molar-refractivity contribution in [3.05, 3.63) is 0 Å². The highest BCUT2D eigenvalue weighted by atomic mass is 16.5. The Morgan fingerprint density at radius 1 is 1.24 bits per heavy atom. The Bertz CT molecular complexity index is 420.